The molecule has 27 heavy (non-hydrogen) atoms. The standard InChI is InChI=1S/C19H17FN4O3/c1-26-14-7-8-15(17(11-14)27-2)23-18(25)16-9-10-21-19(24-16)22-13-5-3-12(20)4-6-13/h3-11H,1-2H3,(H,23,25)(H,21,22,24). The highest BCUT2D eigenvalue weighted by atomic mass is 19.1. The summed E-state index contributed by atoms with van der Waals surface area (Å²) in [6, 6.07) is 12.3. The lowest BCUT2D eigenvalue weighted by Gasteiger charge is -2.12. The van der Waals surface area contributed by atoms with E-state index in [-0.39, 0.29) is 17.5 Å². The van der Waals surface area contributed by atoms with Crippen molar-refractivity contribution in [1.82, 2.24) is 9.97 Å². The maximum atomic E-state index is 13.0. The maximum Gasteiger partial charge on any atom is 0.274 e. The second-order valence-electron chi connectivity index (χ2n) is 5.42. The Labute approximate surface area is 155 Å². The monoisotopic (exact) mass is 368 g/mol. The number of aromatic nitrogens is 2. The summed E-state index contributed by atoms with van der Waals surface area (Å²) in [4.78, 5) is 20.8. The third kappa shape index (κ3) is 4.49. The van der Waals surface area contributed by atoms with Gasteiger partial charge in [-0.25, -0.2) is 14.4 Å². The fraction of sp³-hybridized carbons (Fsp3) is 0.105. The second-order valence-corrected chi connectivity index (χ2v) is 5.42. The summed E-state index contributed by atoms with van der Waals surface area (Å²) >= 11 is 0. The van der Waals surface area contributed by atoms with Crippen molar-refractivity contribution in [2.75, 3.05) is 24.9 Å². The van der Waals surface area contributed by atoms with Crippen LogP contribution in [0, 0.1) is 5.82 Å². The van der Waals surface area contributed by atoms with Crippen LogP contribution in [0.4, 0.5) is 21.7 Å². The lowest BCUT2D eigenvalue weighted by atomic mass is 10.2. The minimum absolute atomic E-state index is 0.160. The van der Waals surface area contributed by atoms with E-state index in [1.165, 1.54) is 31.5 Å². The van der Waals surface area contributed by atoms with Gasteiger partial charge in [-0.1, -0.05) is 0 Å². The smallest absolute Gasteiger partial charge is 0.274 e. The average Bonchev–Trinajstić information content (AvgIpc) is 2.70. The number of nitrogens with one attached hydrogen (secondary N) is 2. The van der Waals surface area contributed by atoms with Crippen LogP contribution in [-0.4, -0.2) is 30.1 Å². The number of hydrogen-bond donors (Lipinski definition) is 2. The van der Waals surface area contributed by atoms with Crippen molar-refractivity contribution in [3.05, 3.63) is 66.2 Å². The first-order valence-electron chi connectivity index (χ1n) is 7.98. The molecule has 0 atom stereocenters. The molecular weight excluding hydrogens is 351 g/mol. The minimum atomic E-state index is -0.428. The molecule has 0 saturated carbocycles. The zero-order valence-electron chi connectivity index (χ0n) is 14.7. The summed E-state index contributed by atoms with van der Waals surface area (Å²) < 4.78 is 23.4. The van der Waals surface area contributed by atoms with Crippen molar-refractivity contribution in [1.29, 1.82) is 0 Å². The van der Waals surface area contributed by atoms with Crippen molar-refractivity contribution < 1.29 is 18.7 Å². The molecule has 7 nitrogen and oxygen atoms in total. The Hall–Kier alpha value is -3.68. The van der Waals surface area contributed by atoms with Crippen LogP contribution in [0.3, 0.4) is 0 Å². The number of amides is 1. The normalized spacial score (nSPS) is 10.2. The van der Waals surface area contributed by atoms with E-state index in [1.54, 1.807) is 37.4 Å². The summed E-state index contributed by atoms with van der Waals surface area (Å²) in [5.41, 5.74) is 1.24. The van der Waals surface area contributed by atoms with Gasteiger partial charge in [0.25, 0.3) is 5.91 Å². The number of methoxy groups -OCH3 is 2. The molecule has 0 aliphatic heterocycles. The molecule has 0 saturated heterocycles. The molecule has 0 aliphatic rings. The maximum absolute atomic E-state index is 13.0. The molecule has 2 N–H and O–H groups in total. The van der Waals surface area contributed by atoms with Crippen molar-refractivity contribution in [3.63, 3.8) is 0 Å². The molecule has 138 valence electrons. The highest BCUT2D eigenvalue weighted by Crippen LogP contribution is 2.29. The molecule has 0 fully saturated rings. The number of nitrogens with zero attached hydrogens (tertiary/aromatic N) is 2. The molecule has 3 aromatic rings. The van der Waals surface area contributed by atoms with Crippen molar-refractivity contribution in [2.24, 2.45) is 0 Å². The van der Waals surface area contributed by atoms with Gasteiger partial charge < -0.3 is 20.1 Å². The van der Waals surface area contributed by atoms with E-state index in [0.717, 1.165) is 0 Å². The molecule has 3 rings (SSSR count). The number of hydrogen-bond acceptors (Lipinski definition) is 6. The van der Waals surface area contributed by atoms with E-state index in [9.17, 15) is 9.18 Å². The van der Waals surface area contributed by atoms with E-state index in [4.69, 9.17) is 9.47 Å². The quantitative estimate of drug-likeness (QED) is 0.691. The van der Waals surface area contributed by atoms with Gasteiger partial charge in [-0.05, 0) is 42.5 Å². The largest absolute Gasteiger partial charge is 0.497 e. The number of anilines is 3. The Morgan fingerprint density at radius 2 is 1.81 bits per heavy atom. The molecule has 1 aromatic heterocycles. The summed E-state index contributed by atoms with van der Waals surface area (Å²) in [5.74, 6) is 0.515. The van der Waals surface area contributed by atoms with Crippen molar-refractivity contribution in [2.45, 2.75) is 0 Å². The van der Waals surface area contributed by atoms with Gasteiger partial charge in [-0.15, -0.1) is 0 Å². The van der Waals surface area contributed by atoms with Gasteiger partial charge >= 0.3 is 0 Å². The van der Waals surface area contributed by atoms with Crippen LogP contribution in [0.25, 0.3) is 0 Å². The van der Waals surface area contributed by atoms with E-state index in [0.29, 0.717) is 22.9 Å². The molecule has 0 bridgehead atoms. The number of carbonyl (C=O) groups is 1. The van der Waals surface area contributed by atoms with E-state index in [1.807, 2.05) is 0 Å². The molecule has 1 heterocycles. The molecule has 0 aliphatic carbocycles. The van der Waals surface area contributed by atoms with Gasteiger partial charge in [0.15, 0.2) is 0 Å². The highest BCUT2D eigenvalue weighted by molar-refractivity contribution is 6.03. The molecule has 0 spiro atoms. The summed E-state index contributed by atoms with van der Waals surface area (Å²) in [6.45, 7) is 0. The van der Waals surface area contributed by atoms with Crippen LogP contribution in [0.1, 0.15) is 10.5 Å². The number of benzene rings is 2. The zero-order valence-corrected chi connectivity index (χ0v) is 14.7. The van der Waals surface area contributed by atoms with Crippen molar-refractivity contribution in [3.8, 4) is 11.5 Å². The van der Waals surface area contributed by atoms with Gasteiger partial charge in [0.05, 0.1) is 19.9 Å². The third-order valence-electron chi connectivity index (χ3n) is 3.65. The number of carbonyl (C=O) groups excluding carboxylic acids is 1. The van der Waals surface area contributed by atoms with Crippen molar-refractivity contribution >= 4 is 23.2 Å². The first kappa shape index (κ1) is 18.1. The highest BCUT2D eigenvalue weighted by Gasteiger charge is 2.13. The first-order chi connectivity index (χ1) is 13.1. The molecular formula is C19H17FN4O3. The Balaban J connectivity index is 1.76. The van der Waals surface area contributed by atoms with E-state index >= 15 is 0 Å². The number of rotatable bonds is 6. The first-order valence-corrected chi connectivity index (χ1v) is 7.98. The fourth-order valence-electron chi connectivity index (χ4n) is 2.30. The van der Waals surface area contributed by atoms with Gasteiger partial charge in [0.1, 0.15) is 23.0 Å². The Morgan fingerprint density at radius 3 is 2.52 bits per heavy atom. The summed E-state index contributed by atoms with van der Waals surface area (Å²) in [7, 11) is 3.05. The van der Waals surface area contributed by atoms with Crippen LogP contribution in [0.2, 0.25) is 0 Å². The molecule has 0 radical (unpaired) electrons. The molecule has 8 heteroatoms. The number of halogens is 1. The lowest BCUT2D eigenvalue weighted by Crippen LogP contribution is -2.15. The molecule has 1 amide bonds. The predicted molar refractivity (Wildman–Crippen MR) is 99.2 cm³/mol. The van der Waals surface area contributed by atoms with Crippen LogP contribution in [0.5, 0.6) is 11.5 Å². The Kier molecular flexibility index (Phi) is 5.46. The Bertz CT molecular complexity index is 948. The van der Waals surface area contributed by atoms with Gasteiger partial charge in [-0.2, -0.15) is 0 Å². The Morgan fingerprint density at radius 1 is 1.04 bits per heavy atom. The summed E-state index contributed by atoms with van der Waals surface area (Å²) in [5, 5.41) is 5.66. The average molecular weight is 368 g/mol. The van der Waals surface area contributed by atoms with Crippen LogP contribution in [-0.2, 0) is 0 Å². The minimum Gasteiger partial charge on any atom is -0.497 e. The van der Waals surface area contributed by atoms with E-state index in [2.05, 4.69) is 20.6 Å². The SMILES string of the molecule is COc1ccc(NC(=O)c2ccnc(Nc3ccc(F)cc3)n2)c(OC)c1. The third-order valence-corrected chi connectivity index (χ3v) is 3.65. The van der Waals surface area contributed by atoms with Crippen LogP contribution in [0.15, 0.2) is 54.7 Å². The van der Waals surface area contributed by atoms with Gasteiger partial charge in [0, 0.05) is 18.0 Å². The lowest BCUT2D eigenvalue weighted by molar-refractivity contribution is 0.102. The molecule has 0 unspecified atom stereocenters. The predicted octanol–water partition coefficient (Wildman–Crippen LogP) is 3.63. The van der Waals surface area contributed by atoms with Crippen LogP contribution >= 0.6 is 0 Å². The number of ether oxygens (including phenoxy) is 2. The summed E-state index contributed by atoms with van der Waals surface area (Å²) in [6.07, 6.45) is 1.46. The second kappa shape index (κ2) is 8.13. The fourth-order valence-corrected chi connectivity index (χ4v) is 2.30. The van der Waals surface area contributed by atoms with E-state index < -0.39 is 5.91 Å². The molecule has 2 aromatic carbocycles. The zero-order chi connectivity index (χ0) is 19.2. The van der Waals surface area contributed by atoms with Gasteiger partial charge in [-0.3, -0.25) is 4.79 Å². The topological polar surface area (TPSA) is 85.4 Å². The van der Waals surface area contributed by atoms with Crippen LogP contribution < -0.4 is 20.1 Å². The van der Waals surface area contributed by atoms with Gasteiger partial charge in [0.2, 0.25) is 5.95 Å².